The van der Waals surface area contributed by atoms with E-state index in [1.165, 1.54) is 0 Å². The Morgan fingerprint density at radius 2 is 1.56 bits per heavy atom. The normalized spacial score (nSPS) is 10.0. The van der Waals surface area contributed by atoms with Gasteiger partial charge in [0.2, 0.25) is 0 Å². The van der Waals surface area contributed by atoms with Gasteiger partial charge >= 0.3 is 16.5 Å². The predicted molar refractivity (Wildman–Crippen MR) is 64.2 cm³/mol. The van der Waals surface area contributed by atoms with Gasteiger partial charge in [-0.05, 0) is 18.6 Å². The maximum absolute atomic E-state index is 10.6. The molecule has 0 unspecified atom stereocenters. The van der Waals surface area contributed by atoms with Gasteiger partial charge in [-0.1, -0.05) is 56.6 Å². The Morgan fingerprint density at radius 3 is 2.17 bits per heavy atom. The van der Waals surface area contributed by atoms with Crippen molar-refractivity contribution in [1.82, 2.24) is 0 Å². The van der Waals surface area contributed by atoms with E-state index in [-0.39, 0.29) is 16.5 Å². The van der Waals surface area contributed by atoms with Crippen LogP contribution in [0.1, 0.15) is 5.56 Å². The van der Waals surface area contributed by atoms with Crippen molar-refractivity contribution in [3.63, 3.8) is 0 Å². The van der Waals surface area contributed by atoms with E-state index in [0.717, 1.165) is 16.7 Å². The Morgan fingerprint density at radius 1 is 0.944 bits per heavy atom. The molecule has 0 saturated heterocycles. The molecular weight excluding hydrogens is 294 g/mol. The first-order chi connectivity index (χ1) is 8.16. The van der Waals surface area contributed by atoms with Gasteiger partial charge in [-0.2, -0.15) is 0 Å². The summed E-state index contributed by atoms with van der Waals surface area (Å²) in [5.74, 6) is 0.354. The standard InChI is InChI=1S/C13H11O3P.Ni/c1-10-6-8-11(9-7-10)12-4-2-3-5-13(12)16-17(14)15;/h2-9H,1H3;/q-2;+2. The zero-order valence-electron chi connectivity index (χ0n) is 9.61. The molecule has 0 aliphatic carbocycles. The van der Waals surface area contributed by atoms with Crippen LogP contribution in [0, 0.1) is 6.92 Å². The second kappa shape index (κ2) is 6.87. The van der Waals surface area contributed by atoms with Crippen LogP contribution in [0.5, 0.6) is 5.75 Å². The van der Waals surface area contributed by atoms with Crippen molar-refractivity contribution in [1.29, 1.82) is 0 Å². The van der Waals surface area contributed by atoms with E-state index in [0.29, 0.717) is 5.75 Å². The van der Waals surface area contributed by atoms with Crippen molar-refractivity contribution in [2.75, 3.05) is 0 Å². The minimum atomic E-state index is -2.89. The number of hydrogen-bond acceptors (Lipinski definition) is 3. The molecule has 0 saturated carbocycles. The van der Waals surface area contributed by atoms with Gasteiger partial charge in [-0.25, -0.2) is 0 Å². The van der Waals surface area contributed by atoms with Gasteiger partial charge in [-0.15, -0.1) is 0 Å². The molecule has 0 bridgehead atoms. The maximum atomic E-state index is 10.6. The van der Waals surface area contributed by atoms with Crippen LogP contribution in [-0.4, -0.2) is 0 Å². The third kappa shape index (κ3) is 3.79. The van der Waals surface area contributed by atoms with Crippen LogP contribution < -0.4 is 14.3 Å². The van der Waals surface area contributed by atoms with E-state index in [1.807, 2.05) is 43.3 Å². The first kappa shape index (κ1) is 15.1. The van der Waals surface area contributed by atoms with Crippen LogP contribution in [0.25, 0.3) is 11.1 Å². The second-order valence-corrected chi connectivity index (χ2v) is 4.31. The molecule has 0 radical (unpaired) electrons. The van der Waals surface area contributed by atoms with Crippen molar-refractivity contribution in [3.05, 3.63) is 54.1 Å². The summed E-state index contributed by atoms with van der Waals surface area (Å²) < 4.78 is 4.78. The monoisotopic (exact) mass is 304 g/mol. The summed E-state index contributed by atoms with van der Waals surface area (Å²) in [5.41, 5.74) is 2.86. The number of aryl methyl sites for hydroxylation is 1. The maximum Gasteiger partial charge on any atom is 2.00 e. The fourth-order valence-corrected chi connectivity index (χ4v) is 1.92. The van der Waals surface area contributed by atoms with Crippen LogP contribution in [0.2, 0.25) is 0 Å². The Kier molecular flexibility index (Phi) is 5.78. The summed E-state index contributed by atoms with van der Waals surface area (Å²) in [6.07, 6.45) is 0. The van der Waals surface area contributed by atoms with Crippen molar-refractivity contribution in [2.24, 2.45) is 0 Å². The number of hydrogen-bond donors (Lipinski definition) is 0. The summed E-state index contributed by atoms with van der Waals surface area (Å²) in [5, 5.41) is 0. The fourth-order valence-electron chi connectivity index (χ4n) is 1.60. The van der Waals surface area contributed by atoms with Crippen LogP contribution in [0.3, 0.4) is 0 Å². The quantitative estimate of drug-likeness (QED) is 0.643. The smallest absolute Gasteiger partial charge is 0.810 e. The van der Waals surface area contributed by atoms with E-state index in [9.17, 15) is 9.79 Å². The van der Waals surface area contributed by atoms with Crippen molar-refractivity contribution in [3.8, 4) is 16.9 Å². The van der Waals surface area contributed by atoms with E-state index >= 15 is 0 Å². The molecule has 0 heterocycles. The van der Waals surface area contributed by atoms with E-state index < -0.39 is 8.60 Å². The van der Waals surface area contributed by atoms with Gasteiger partial charge < -0.3 is 14.3 Å². The van der Waals surface area contributed by atoms with Crippen LogP contribution in [0.4, 0.5) is 0 Å². The molecule has 96 valence electrons. The Bertz CT molecular complexity index is 500. The number of benzene rings is 2. The first-order valence-corrected chi connectivity index (χ1v) is 6.25. The minimum absolute atomic E-state index is 0. The largest absolute Gasteiger partial charge is 2.00 e. The summed E-state index contributed by atoms with van der Waals surface area (Å²) in [4.78, 5) is 21.2. The van der Waals surface area contributed by atoms with Gasteiger partial charge in [0, 0.05) is 5.56 Å². The molecule has 0 N–H and O–H groups in total. The fraction of sp³-hybridized carbons (Fsp3) is 0.0769. The van der Waals surface area contributed by atoms with Gasteiger partial charge in [0.25, 0.3) is 0 Å². The Balaban J connectivity index is 0.00000162. The first-order valence-electron chi connectivity index (χ1n) is 5.15. The zero-order valence-corrected chi connectivity index (χ0v) is 11.5. The molecule has 0 aliphatic heterocycles. The number of para-hydroxylation sites is 1. The predicted octanol–water partition coefficient (Wildman–Crippen LogP) is 1.99. The SMILES string of the molecule is Cc1ccc(-c2ccccc2OP([O-])[O-])cc1.[Ni+2]. The van der Waals surface area contributed by atoms with Crippen molar-refractivity contribution in [2.45, 2.75) is 6.92 Å². The molecule has 0 atom stereocenters. The molecule has 0 fully saturated rings. The summed E-state index contributed by atoms with van der Waals surface area (Å²) in [6.45, 7) is 2.00. The van der Waals surface area contributed by atoms with Crippen LogP contribution >= 0.6 is 8.60 Å². The van der Waals surface area contributed by atoms with Crippen molar-refractivity contribution >= 4 is 8.60 Å². The second-order valence-electron chi connectivity index (χ2n) is 3.68. The molecular formula is C13H11NiO3P. The average Bonchev–Trinajstić information content (AvgIpc) is 2.30. The van der Waals surface area contributed by atoms with E-state index in [4.69, 9.17) is 4.52 Å². The number of rotatable bonds is 3. The topological polar surface area (TPSA) is 55.3 Å². The molecule has 0 aliphatic rings. The molecule has 2 aromatic rings. The minimum Gasteiger partial charge on any atom is -0.810 e. The van der Waals surface area contributed by atoms with Gasteiger partial charge in [-0.3, -0.25) is 0 Å². The molecule has 0 spiro atoms. The van der Waals surface area contributed by atoms with Gasteiger partial charge in [0.05, 0.1) is 0 Å². The van der Waals surface area contributed by atoms with Gasteiger partial charge in [0.1, 0.15) is 5.75 Å². The van der Waals surface area contributed by atoms with Crippen LogP contribution in [-0.2, 0) is 16.5 Å². The van der Waals surface area contributed by atoms with Gasteiger partial charge in [0.15, 0.2) is 0 Å². The third-order valence-electron chi connectivity index (χ3n) is 2.42. The summed E-state index contributed by atoms with van der Waals surface area (Å²) >= 11 is 0. The molecule has 18 heavy (non-hydrogen) atoms. The molecule has 0 amide bonds. The molecule has 2 rings (SSSR count). The molecule has 2 aromatic carbocycles. The summed E-state index contributed by atoms with van der Waals surface area (Å²) in [7, 11) is -2.89. The summed E-state index contributed by atoms with van der Waals surface area (Å²) in [6, 6.07) is 14.9. The third-order valence-corrected chi connectivity index (χ3v) is 2.77. The Hall–Kier alpha value is -0.916. The molecule has 0 aromatic heterocycles. The average molecular weight is 305 g/mol. The molecule has 3 nitrogen and oxygen atoms in total. The Labute approximate surface area is 117 Å². The van der Waals surface area contributed by atoms with Crippen molar-refractivity contribution < 1.29 is 30.8 Å². The zero-order chi connectivity index (χ0) is 12.3. The van der Waals surface area contributed by atoms with E-state index in [1.54, 1.807) is 12.1 Å². The van der Waals surface area contributed by atoms with E-state index in [2.05, 4.69) is 0 Å². The van der Waals surface area contributed by atoms with Crippen LogP contribution in [0.15, 0.2) is 48.5 Å². The molecule has 5 heteroatoms.